The predicted molar refractivity (Wildman–Crippen MR) is 75.7 cm³/mol. The van der Waals surface area contributed by atoms with E-state index in [1.54, 1.807) is 4.90 Å². The van der Waals surface area contributed by atoms with Crippen molar-refractivity contribution >= 4 is 6.03 Å². The van der Waals surface area contributed by atoms with Crippen molar-refractivity contribution in [3.8, 4) is 5.75 Å². The number of nitrogens with one attached hydrogen (secondary N) is 1. The molecule has 0 aromatic heterocycles. The zero-order valence-electron chi connectivity index (χ0n) is 12.5. The van der Waals surface area contributed by atoms with E-state index >= 15 is 0 Å². The van der Waals surface area contributed by atoms with Gasteiger partial charge < -0.3 is 15.0 Å². The lowest BCUT2D eigenvalue weighted by atomic mass is 10.1. The second-order valence-corrected chi connectivity index (χ2v) is 5.75. The maximum atomic E-state index is 12.4. The van der Waals surface area contributed by atoms with Gasteiger partial charge in [0.05, 0.1) is 18.7 Å². The second-order valence-electron chi connectivity index (χ2n) is 5.75. The van der Waals surface area contributed by atoms with Crippen LogP contribution in [0, 0.1) is 5.92 Å². The Kier molecular flexibility index (Phi) is 4.83. The molecule has 4 nitrogen and oxygen atoms in total. The van der Waals surface area contributed by atoms with Crippen LogP contribution in [0.4, 0.5) is 18.0 Å². The molecule has 0 unspecified atom stereocenters. The van der Waals surface area contributed by atoms with Crippen LogP contribution in [-0.4, -0.2) is 36.7 Å². The summed E-state index contributed by atoms with van der Waals surface area (Å²) in [6, 6.07) is 4.43. The van der Waals surface area contributed by atoms with Crippen LogP contribution in [0.1, 0.15) is 19.4 Å². The number of hydrogen-bond acceptors (Lipinski definition) is 2. The Balaban J connectivity index is 1.77. The summed E-state index contributed by atoms with van der Waals surface area (Å²) in [5.41, 5.74) is -0.705. The number of hydrogen-bond donors (Lipinski definition) is 1. The third kappa shape index (κ3) is 4.29. The number of urea groups is 1. The average Bonchev–Trinajstić information content (AvgIpc) is 2.39. The highest BCUT2D eigenvalue weighted by Crippen LogP contribution is 2.30. The van der Waals surface area contributed by atoms with Gasteiger partial charge >= 0.3 is 12.2 Å². The largest absolute Gasteiger partial charge is 0.487 e. The van der Waals surface area contributed by atoms with Gasteiger partial charge in [0.2, 0.25) is 0 Å². The van der Waals surface area contributed by atoms with Crippen molar-refractivity contribution in [1.29, 1.82) is 0 Å². The molecule has 1 aliphatic heterocycles. The maximum Gasteiger partial charge on any atom is 0.416 e. The molecule has 0 radical (unpaired) electrons. The van der Waals surface area contributed by atoms with Gasteiger partial charge in [-0.3, -0.25) is 0 Å². The van der Waals surface area contributed by atoms with Gasteiger partial charge in [0.25, 0.3) is 0 Å². The fourth-order valence-electron chi connectivity index (χ4n) is 2.00. The Morgan fingerprint density at radius 1 is 1.32 bits per heavy atom. The topological polar surface area (TPSA) is 41.6 Å². The second kappa shape index (κ2) is 6.46. The summed E-state index contributed by atoms with van der Waals surface area (Å²) in [6.45, 7) is 5.50. The number of alkyl halides is 3. The Morgan fingerprint density at radius 2 is 1.91 bits per heavy atom. The summed E-state index contributed by atoms with van der Waals surface area (Å²) in [5.74, 6) is 0.754. The highest BCUT2D eigenvalue weighted by molar-refractivity contribution is 5.75. The molecule has 22 heavy (non-hydrogen) atoms. The van der Waals surface area contributed by atoms with E-state index in [0.29, 0.717) is 31.3 Å². The lowest BCUT2D eigenvalue weighted by Gasteiger charge is -2.38. The Hall–Kier alpha value is -1.92. The lowest BCUT2D eigenvalue weighted by molar-refractivity contribution is -0.137. The molecule has 1 aromatic rings. The molecule has 1 saturated heterocycles. The molecule has 0 aliphatic carbocycles. The molecule has 1 aromatic carbocycles. The predicted octanol–water partition coefficient (Wildman–Crippen LogP) is 3.13. The fourth-order valence-corrected chi connectivity index (χ4v) is 2.00. The van der Waals surface area contributed by atoms with Crippen molar-refractivity contribution < 1.29 is 22.7 Å². The van der Waals surface area contributed by atoms with Crippen LogP contribution >= 0.6 is 0 Å². The van der Waals surface area contributed by atoms with E-state index in [-0.39, 0.29) is 12.1 Å². The Morgan fingerprint density at radius 3 is 2.41 bits per heavy atom. The first-order chi connectivity index (χ1) is 10.3. The number of ether oxygens (including phenoxy) is 1. The maximum absolute atomic E-state index is 12.4. The van der Waals surface area contributed by atoms with Crippen LogP contribution in [0.25, 0.3) is 0 Å². The summed E-state index contributed by atoms with van der Waals surface area (Å²) in [5, 5.41) is 2.80. The third-order valence-electron chi connectivity index (χ3n) is 3.28. The van der Waals surface area contributed by atoms with Crippen molar-refractivity contribution in [2.45, 2.75) is 26.1 Å². The van der Waals surface area contributed by atoms with Gasteiger partial charge in [-0.15, -0.1) is 0 Å². The minimum Gasteiger partial charge on any atom is -0.487 e. The number of carbonyl (C=O) groups is 1. The molecule has 1 N–H and O–H groups in total. The Bertz CT molecular complexity index is 509. The van der Waals surface area contributed by atoms with Crippen molar-refractivity contribution in [3.63, 3.8) is 0 Å². The molecule has 0 atom stereocenters. The molecule has 0 spiro atoms. The fraction of sp³-hybridized carbons (Fsp3) is 0.533. The molecule has 7 heteroatoms. The summed E-state index contributed by atoms with van der Waals surface area (Å²) >= 11 is 0. The smallest absolute Gasteiger partial charge is 0.416 e. The monoisotopic (exact) mass is 316 g/mol. The minimum absolute atomic E-state index is 0.138. The average molecular weight is 316 g/mol. The molecule has 1 aliphatic rings. The molecular weight excluding hydrogens is 297 g/mol. The van der Waals surface area contributed by atoms with E-state index in [4.69, 9.17) is 4.74 Å². The highest BCUT2D eigenvalue weighted by atomic mass is 19.4. The van der Waals surface area contributed by atoms with Crippen LogP contribution in [0.5, 0.6) is 5.75 Å². The van der Waals surface area contributed by atoms with Crippen molar-refractivity contribution in [2.75, 3.05) is 19.6 Å². The lowest BCUT2D eigenvalue weighted by Crippen LogP contribution is -2.59. The summed E-state index contributed by atoms with van der Waals surface area (Å²) in [4.78, 5) is 13.3. The SMILES string of the molecule is CC(C)CNC(=O)N1CC(Oc2ccc(C(F)(F)F)cc2)C1. The van der Waals surface area contributed by atoms with Gasteiger partial charge in [-0.2, -0.15) is 13.2 Å². The van der Waals surface area contributed by atoms with E-state index in [0.717, 1.165) is 12.1 Å². The first-order valence-corrected chi connectivity index (χ1v) is 7.12. The van der Waals surface area contributed by atoms with E-state index < -0.39 is 11.7 Å². The highest BCUT2D eigenvalue weighted by Gasteiger charge is 2.33. The third-order valence-corrected chi connectivity index (χ3v) is 3.28. The number of carbonyl (C=O) groups excluding carboxylic acids is 1. The summed E-state index contributed by atoms with van der Waals surface area (Å²) < 4.78 is 42.8. The van der Waals surface area contributed by atoms with Gasteiger partial charge in [0.15, 0.2) is 0 Å². The summed E-state index contributed by atoms with van der Waals surface area (Å²) in [7, 11) is 0. The molecule has 0 bridgehead atoms. The molecule has 1 heterocycles. The van der Waals surface area contributed by atoms with Gasteiger partial charge in [-0.25, -0.2) is 4.79 Å². The van der Waals surface area contributed by atoms with Crippen molar-refractivity contribution in [1.82, 2.24) is 10.2 Å². The number of nitrogens with zero attached hydrogens (tertiary/aromatic N) is 1. The number of halogens is 3. The molecule has 2 amide bonds. The minimum atomic E-state index is -4.35. The standard InChI is InChI=1S/C15H19F3N2O2/c1-10(2)7-19-14(21)20-8-13(9-20)22-12-5-3-11(4-6-12)15(16,17)18/h3-6,10,13H,7-9H2,1-2H3,(H,19,21). The number of rotatable bonds is 4. The van der Waals surface area contributed by atoms with Gasteiger partial charge in [0.1, 0.15) is 11.9 Å². The molecule has 122 valence electrons. The first-order valence-electron chi connectivity index (χ1n) is 7.12. The first kappa shape index (κ1) is 16.5. The van der Waals surface area contributed by atoms with Gasteiger partial charge in [-0.1, -0.05) is 13.8 Å². The zero-order valence-corrected chi connectivity index (χ0v) is 12.5. The van der Waals surface area contributed by atoms with Crippen LogP contribution < -0.4 is 10.1 Å². The van der Waals surface area contributed by atoms with Crippen molar-refractivity contribution in [3.05, 3.63) is 29.8 Å². The number of likely N-dealkylation sites (tertiary alicyclic amines) is 1. The van der Waals surface area contributed by atoms with Crippen molar-refractivity contribution in [2.24, 2.45) is 5.92 Å². The molecular formula is C15H19F3N2O2. The van der Waals surface area contributed by atoms with Gasteiger partial charge in [-0.05, 0) is 30.2 Å². The quantitative estimate of drug-likeness (QED) is 0.927. The number of benzene rings is 1. The van der Waals surface area contributed by atoms with E-state index in [1.165, 1.54) is 12.1 Å². The van der Waals surface area contributed by atoms with Gasteiger partial charge in [0, 0.05) is 6.54 Å². The zero-order chi connectivity index (χ0) is 16.3. The van der Waals surface area contributed by atoms with E-state index in [1.807, 2.05) is 13.8 Å². The molecule has 2 rings (SSSR count). The normalized spacial score (nSPS) is 15.6. The van der Waals surface area contributed by atoms with E-state index in [2.05, 4.69) is 5.32 Å². The van der Waals surface area contributed by atoms with Crippen LogP contribution in [0.2, 0.25) is 0 Å². The molecule has 0 saturated carbocycles. The number of amides is 2. The Labute approximate surface area is 127 Å². The van der Waals surface area contributed by atoms with E-state index in [9.17, 15) is 18.0 Å². The molecule has 1 fully saturated rings. The van der Waals surface area contributed by atoms with Crippen LogP contribution in [0.3, 0.4) is 0 Å². The van der Waals surface area contributed by atoms with Crippen LogP contribution in [-0.2, 0) is 6.18 Å². The van der Waals surface area contributed by atoms with Crippen LogP contribution in [0.15, 0.2) is 24.3 Å². The summed E-state index contributed by atoms with van der Waals surface area (Å²) in [6.07, 6.45) is -4.53.